The number of carbonyl (C=O) groups is 2. The van der Waals surface area contributed by atoms with Crippen molar-refractivity contribution in [2.75, 3.05) is 36.5 Å². The summed E-state index contributed by atoms with van der Waals surface area (Å²) in [5.41, 5.74) is 0.508. The van der Waals surface area contributed by atoms with Crippen LogP contribution in [0.5, 0.6) is 11.9 Å². The largest absolute Gasteiger partial charge is 0.472 e. The van der Waals surface area contributed by atoms with E-state index in [4.69, 9.17) is 30.6 Å². The second-order valence-electron chi connectivity index (χ2n) is 16.9. The van der Waals surface area contributed by atoms with Crippen molar-refractivity contribution in [2.24, 2.45) is 0 Å². The molecule has 15 heteroatoms. The number of terminal acetylenes is 1. The van der Waals surface area contributed by atoms with Gasteiger partial charge in [-0.25, -0.2) is 23.4 Å². The first-order valence-electron chi connectivity index (χ1n) is 19.2. The van der Waals surface area contributed by atoms with E-state index in [-0.39, 0.29) is 54.1 Å². The number of halogens is 2. The Morgan fingerprint density at radius 3 is 2.72 bits per heavy atom. The molecule has 13 nitrogen and oxygen atoms in total. The van der Waals surface area contributed by atoms with Gasteiger partial charge in [-0.3, -0.25) is 15.1 Å². The van der Waals surface area contributed by atoms with Gasteiger partial charge in [0, 0.05) is 48.0 Å². The maximum Gasteiger partial charge on any atom is 0.412 e. The van der Waals surface area contributed by atoms with Crippen LogP contribution in [0.25, 0.3) is 32.9 Å². The minimum Gasteiger partial charge on any atom is -0.472 e. The van der Waals surface area contributed by atoms with Gasteiger partial charge in [-0.1, -0.05) is 30.2 Å². The number of rotatable bonds is 5. The summed E-state index contributed by atoms with van der Waals surface area (Å²) >= 11 is 0. The molecule has 0 aliphatic carbocycles. The highest BCUT2D eigenvalue weighted by atomic mass is 19.1. The van der Waals surface area contributed by atoms with Crippen LogP contribution in [0, 0.1) is 18.2 Å². The van der Waals surface area contributed by atoms with Gasteiger partial charge in [-0.15, -0.1) is 6.42 Å². The normalized spacial score (nSPS) is 26.5. The molecule has 2 aromatic heterocycles. The summed E-state index contributed by atoms with van der Waals surface area (Å²) in [6, 6.07) is 7.14. The van der Waals surface area contributed by atoms with Crippen LogP contribution in [0.2, 0.25) is 0 Å². The molecule has 2 amide bonds. The van der Waals surface area contributed by atoms with Crippen molar-refractivity contribution >= 4 is 45.4 Å². The van der Waals surface area contributed by atoms with Crippen LogP contribution in [0.4, 0.5) is 29.9 Å². The first kappa shape index (κ1) is 36.9. The molecule has 0 radical (unpaired) electrons. The highest BCUT2D eigenvalue weighted by Crippen LogP contribution is 2.48. The van der Waals surface area contributed by atoms with Gasteiger partial charge >= 0.3 is 18.2 Å². The molecular formula is C42H43F2N7O6. The number of ether oxygens (including phenoxy) is 3. The second kappa shape index (κ2) is 13.2. The van der Waals surface area contributed by atoms with Gasteiger partial charge in [0.1, 0.15) is 46.9 Å². The molecule has 4 saturated heterocycles. The number of benzene rings is 2. The molecule has 0 spiro atoms. The number of piperazine rings is 1. The van der Waals surface area contributed by atoms with E-state index in [1.165, 1.54) is 4.90 Å². The van der Waals surface area contributed by atoms with Crippen molar-refractivity contribution in [3.05, 3.63) is 53.9 Å². The van der Waals surface area contributed by atoms with Gasteiger partial charge in [0.05, 0.1) is 29.4 Å². The zero-order valence-corrected chi connectivity index (χ0v) is 32.1. The van der Waals surface area contributed by atoms with E-state index in [1.54, 1.807) is 51.1 Å². The summed E-state index contributed by atoms with van der Waals surface area (Å²) in [6.45, 7) is 12.5. The molecule has 296 valence electrons. The molecule has 5 unspecified atom stereocenters. The lowest BCUT2D eigenvalue weighted by atomic mass is 9.93. The van der Waals surface area contributed by atoms with E-state index in [0.717, 1.165) is 5.57 Å². The Labute approximate surface area is 328 Å². The van der Waals surface area contributed by atoms with Crippen LogP contribution in [0.3, 0.4) is 0 Å². The summed E-state index contributed by atoms with van der Waals surface area (Å²) in [7, 11) is 0. The number of hydrogen-bond donors (Lipinski definition) is 2. The molecule has 0 saturated carbocycles. The van der Waals surface area contributed by atoms with Crippen molar-refractivity contribution in [1.82, 2.24) is 24.8 Å². The van der Waals surface area contributed by atoms with E-state index in [9.17, 15) is 19.1 Å². The fourth-order valence-electron chi connectivity index (χ4n) is 9.85. The number of hydrogen-bond acceptors (Lipinski definition) is 10. The van der Waals surface area contributed by atoms with Crippen LogP contribution in [-0.2, 0) is 4.74 Å². The molecule has 9 rings (SSSR count). The zero-order chi connectivity index (χ0) is 40.1. The number of amides is 2. The number of carbonyl (C=O) groups excluding carboxylic acids is 1. The summed E-state index contributed by atoms with van der Waals surface area (Å²) in [5.74, 6) is 2.30. The van der Waals surface area contributed by atoms with Gasteiger partial charge in [0.25, 0.3) is 0 Å². The average Bonchev–Trinajstić information content (AvgIpc) is 3.71. The lowest BCUT2D eigenvalue weighted by molar-refractivity contribution is 0.0634. The first-order chi connectivity index (χ1) is 27.1. The monoisotopic (exact) mass is 779 g/mol. The summed E-state index contributed by atoms with van der Waals surface area (Å²) in [4.78, 5) is 45.4. The van der Waals surface area contributed by atoms with Gasteiger partial charge in [0.15, 0.2) is 5.82 Å². The first-order valence-corrected chi connectivity index (χ1v) is 19.2. The number of alkyl halides is 1. The molecule has 2 N–H and O–H groups in total. The molecule has 2 bridgehead atoms. The predicted octanol–water partition coefficient (Wildman–Crippen LogP) is 6.91. The maximum atomic E-state index is 17.6. The van der Waals surface area contributed by atoms with Crippen molar-refractivity contribution in [2.45, 2.75) is 94.9 Å². The number of anilines is 2. The minimum absolute atomic E-state index is 0.0560. The third-order valence-corrected chi connectivity index (χ3v) is 11.9. The number of nitrogens with one attached hydrogen (secondary N) is 1. The Balaban J connectivity index is 1.22. The van der Waals surface area contributed by atoms with Crippen molar-refractivity contribution in [3.8, 4) is 35.5 Å². The van der Waals surface area contributed by atoms with Crippen LogP contribution in [0.15, 0.2) is 42.5 Å². The van der Waals surface area contributed by atoms with Gasteiger partial charge < -0.3 is 24.2 Å². The van der Waals surface area contributed by atoms with E-state index in [2.05, 4.69) is 22.8 Å². The Morgan fingerprint density at radius 1 is 1.16 bits per heavy atom. The van der Waals surface area contributed by atoms with E-state index in [0.29, 0.717) is 65.8 Å². The Kier molecular flexibility index (Phi) is 8.51. The minimum atomic E-state index is -1.02. The van der Waals surface area contributed by atoms with Crippen LogP contribution in [-0.4, -0.2) is 110 Å². The number of carboxylic acid groups (broad SMARTS) is 1. The predicted molar refractivity (Wildman–Crippen MR) is 209 cm³/mol. The summed E-state index contributed by atoms with van der Waals surface area (Å²) in [6.07, 6.45) is 4.78. The zero-order valence-electron chi connectivity index (χ0n) is 32.1. The maximum absolute atomic E-state index is 17.6. The number of pyridine rings is 1. The SMILES string of the molecule is C#Cc1cccc2c(NC(=O)OC(C)(C)C)ccc(-c3nc4c5c(nc(OCC67CC(=C)CN6C[C@H](F)C7)nc5c3F)N3CC5CCC(C3C(C)O4)N5C(=O)O)c12. The lowest BCUT2D eigenvalue weighted by Crippen LogP contribution is -2.64. The Hall–Kier alpha value is -5.75. The van der Waals surface area contributed by atoms with Crippen molar-refractivity contribution in [1.29, 1.82) is 0 Å². The fourth-order valence-corrected chi connectivity index (χ4v) is 9.85. The van der Waals surface area contributed by atoms with Gasteiger partial charge in [0.2, 0.25) is 5.88 Å². The molecule has 2 aromatic carbocycles. The van der Waals surface area contributed by atoms with Crippen LogP contribution in [0.1, 0.15) is 58.9 Å². The average molecular weight is 780 g/mol. The highest BCUT2D eigenvalue weighted by Gasteiger charge is 2.54. The molecule has 57 heavy (non-hydrogen) atoms. The second-order valence-corrected chi connectivity index (χ2v) is 16.9. The third kappa shape index (κ3) is 6.03. The number of aromatic nitrogens is 3. The molecular weight excluding hydrogens is 737 g/mol. The lowest BCUT2D eigenvalue weighted by Gasteiger charge is -2.47. The quantitative estimate of drug-likeness (QED) is 0.161. The summed E-state index contributed by atoms with van der Waals surface area (Å²) in [5, 5.41) is 14.2. The smallest absolute Gasteiger partial charge is 0.412 e. The molecule has 5 aliphatic heterocycles. The van der Waals surface area contributed by atoms with Crippen LogP contribution < -0.4 is 19.7 Å². The molecule has 5 aliphatic rings. The van der Waals surface area contributed by atoms with E-state index < -0.39 is 53.5 Å². The Morgan fingerprint density at radius 2 is 1.96 bits per heavy atom. The van der Waals surface area contributed by atoms with E-state index in [1.807, 2.05) is 16.7 Å². The summed E-state index contributed by atoms with van der Waals surface area (Å²) < 4.78 is 50.9. The third-order valence-electron chi connectivity index (χ3n) is 11.9. The van der Waals surface area contributed by atoms with Crippen molar-refractivity contribution < 1.29 is 37.7 Å². The highest BCUT2D eigenvalue weighted by molar-refractivity contribution is 6.10. The molecule has 6 atom stereocenters. The van der Waals surface area contributed by atoms with Crippen LogP contribution >= 0.6 is 0 Å². The van der Waals surface area contributed by atoms with Gasteiger partial charge in [-0.2, -0.15) is 9.97 Å². The molecule has 4 fully saturated rings. The molecule has 4 aromatic rings. The topological polar surface area (TPSA) is 142 Å². The number of fused-ring (bicyclic) bond motifs is 7. The van der Waals surface area contributed by atoms with Gasteiger partial charge in [-0.05, 0) is 65.2 Å². The fraction of sp³-hybridized carbons (Fsp3) is 0.452. The Bertz CT molecular complexity index is 2430. The number of nitrogens with zero attached hydrogens (tertiary/aromatic N) is 6. The standard InChI is InChI=1S/C42H43F2N7O6/c1-7-23-9-8-10-26-28(45-39(52)57-41(4,5)6)13-12-27(30(23)26)33-32(44)34-31-36(48-38(47-34)55-20-42-15-21(2)17-49(42)18-24(43)16-42)50-19-25-11-14-29(51(25)40(53)54)35(50)22(3)56-37(31)46-33/h1,8-10,12-13,22,24-25,29,35H,2,11,14-20H2,3-6H3,(H,45,52)(H,53,54)/t22?,24-,25?,29?,35?,42?/m1/s1. The van der Waals surface area contributed by atoms with Crippen molar-refractivity contribution in [3.63, 3.8) is 0 Å². The molecule has 7 heterocycles. The van der Waals surface area contributed by atoms with E-state index >= 15 is 4.39 Å².